The van der Waals surface area contributed by atoms with Gasteiger partial charge in [-0.05, 0) is 30.2 Å². The Labute approximate surface area is 179 Å². The van der Waals surface area contributed by atoms with Gasteiger partial charge in [-0.25, -0.2) is 0 Å². The fourth-order valence-electron chi connectivity index (χ4n) is 3.39. The molecule has 1 fully saturated rings. The largest absolute Gasteiger partial charge is 0.411 e. The van der Waals surface area contributed by atoms with E-state index in [-0.39, 0.29) is 5.91 Å². The molecule has 0 aliphatic carbocycles. The van der Waals surface area contributed by atoms with Gasteiger partial charge in [0, 0.05) is 75.2 Å². The second-order valence-electron chi connectivity index (χ2n) is 7.08. The van der Waals surface area contributed by atoms with Crippen molar-refractivity contribution in [1.82, 2.24) is 30.0 Å². The maximum atomic E-state index is 12.6. The molecule has 0 unspecified atom stereocenters. The Hall–Kier alpha value is -2.78. The number of thioether (sulfide) groups is 1. The van der Waals surface area contributed by atoms with Gasteiger partial charge in [-0.1, -0.05) is 17.8 Å². The van der Waals surface area contributed by atoms with Crippen LogP contribution in [-0.2, 0) is 11.3 Å². The molecule has 1 saturated heterocycles. The van der Waals surface area contributed by atoms with E-state index in [0.29, 0.717) is 23.3 Å². The van der Waals surface area contributed by atoms with Crippen molar-refractivity contribution in [1.29, 1.82) is 0 Å². The fourth-order valence-corrected chi connectivity index (χ4v) is 4.08. The molecular formula is C21H24N6O2S. The van der Waals surface area contributed by atoms with E-state index in [4.69, 9.17) is 4.42 Å². The van der Waals surface area contributed by atoms with Crippen LogP contribution in [-0.4, -0.2) is 67.8 Å². The van der Waals surface area contributed by atoms with E-state index in [0.717, 1.165) is 44.7 Å². The Morgan fingerprint density at radius 3 is 2.77 bits per heavy atom. The van der Waals surface area contributed by atoms with E-state index in [1.807, 2.05) is 29.3 Å². The van der Waals surface area contributed by atoms with Crippen LogP contribution in [0.2, 0.25) is 0 Å². The zero-order valence-corrected chi connectivity index (χ0v) is 17.5. The monoisotopic (exact) mass is 424 g/mol. The van der Waals surface area contributed by atoms with Crippen LogP contribution in [0.25, 0.3) is 11.5 Å². The Kier molecular flexibility index (Phi) is 7.04. The summed E-state index contributed by atoms with van der Waals surface area (Å²) in [4.78, 5) is 25.2. The Morgan fingerprint density at radius 2 is 1.93 bits per heavy atom. The molecular weight excluding hydrogens is 400 g/mol. The Bertz CT molecular complexity index is 937. The standard InChI is InChI=1S/C21H24N6O2S/c28-19(6-14-30-21-25-24-20(29-21)18-4-8-22-9-5-18)27-11-2-10-26(12-13-27)16-17-3-1-7-23-15-17/h1,3-5,7-9,15H,2,6,10-14,16H2. The first-order valence-electron chi connectivity index (χ1n) is 10.0. The van der Waals surface area contributed by atoms with Crippen LogP contribution in [0.3, 0.4) is 0 Å². The average molecular weight is 425 g/mol. The van der Waals surface area contributed by atoms with Gasteiger partial charge >= 0.3 is 0 Å². The Balaban J connectivity index is 1.21. The van der Waals surface area contributed by atoms with Gasteiger partial charge < -0.3 is 9.32 Å². The second-order valence-corrected chi connectivity index (χ2v) is 8.13. The van der Waals surface area contributed by atoms with Crippen molar-refractivity contribution in [3.8, 4) is 11.5 Å². The van der Waals surface area contributed by atoms with Crippen molar-refractivity contribution in [3.05, 3.63) is 54.6 Å². The third-order valence-corrected chi connectivity index (χ3v) is 5.77. The van der Waals surface area contributed by atoms with E-state index in [1.165, 1.54) is 17.3 Å². The first-order valence-corrected chi connectivity index (χ1v) is 11.0. The lowest BCUT2D eigenvalue weighted by Gasteiger charge is -2.22. The van der Waals surface area contributed by atoms with Crippen LogP contribution in [0.1, 0.15) is 18.4 Å². The number of nitrogens with zero attached hydrogens (tertiary/aromatic N) is 6. The third kappa shape index (κ3) is 5.64. The normalized spacial score (nSPS) is 15.1. The van der Waals surface area contributed by atoms with E-state index < -0.39 is 0 Å². The second kappa shape index (κ2) is 10.3. The van der Waals surface area contributed by atoms with Crippen LogP contribution in [0, 0.1) is 0 Å². The van der Waals surface area contributed by atoms with Crippen LogP contribution in [0.5, 0.6) is 0 Å². The molecule has 9 heteroatoms. The highest BCUT2D eigenvalue weighted by atomic mass is 32.2. The molecule has 0 spiro atoms. The molecule has 1 aliphatic rings. The maximum absolute atomic E-state index is 12.6. The van der Waals surface area contributed by atoms with Crippen LogP contribution < -0.4 is 0 Å². The number of carbonyl (C=O) groups excluding carboxylic acids is 1. The van der Waals surface area contributed by atoms with Crippen LogP contribution in [0.4, 0.5) is 0 Å². The van der Waals surface area contributed by atoms with E-state index in [2.05, 4.69) is 31.1 Å². The molecule has 3 aromatic rings. The maximum Gasteiger partial charge on any atom is 0.276 e. The minimum Gasteiger partial charge on any atom is -0.411 e. The van der Waals surface area contributed by atoms with Gasteiger partial charge in [0.05, 0.1) is 0 Å². The van der Waals surface area contributed by atoms with Gasteiger partial charge in [0.15, 0.2) is 0 Å². The first-order chi connectivity index (χ1) is 14.8. The molecule has 1 amide bonds. The molecule has 0 bridgehead atoms. The van der Waals surface area contributed by atoms with Gasteiger partial charge in [-0.15, -0.1) is 10.2 Å². The quantitative estimate of drug-likeness (QED) is 0.535. The molecule has 0 radical (unpaired) electrons. The summed E-state index contributed by atoms with van der Waals surface area (Å²) in [5.74, 6) is 1.26. The molecule has 3 aromatic heterocycles. The fraction of sp³-hybridized carbons (Fsp3) is 0.381. The van der Waals surface area contributed by atoms with Gasteiger partial charge in [0.1, 0.15) is 0 Å². The van der Waals surface area contributed by atoms with Gasteiger partial charge in [0.2, 0.25) is 11.8 Å². The van der Waals surface area contributed by atoms with Crippen molar-refractivity contribution in [2.75, 3.05) is 31.9 Å². The van der Waals surface area contributed by atoms with E-state index >= 15 is 0 Å². The van der Waals surface area contributed by atoms with E-state index in [9.17, 15) is 4.79 Å². The minimum absolute atomic E-state index is 0.180. The van der Waals surface area contributed by atoms with Crippen LogP contribution >= 0.6 is 11.8 Å². The number of rotatable bonds is 7. The van der Waals surface area contributed by atoms with Gasteiger partial charge in [0.25, 0.3) is 5.22 Å². The molecule has 4 heterocycles. The Morgan fingerprint density at radius 1 is 1.03 bits per heavy atom. The molecule has 1 aliphatic heterocycles. The van der Waals surface area contributed by atoms with Crippen molar-refractivity contribution in [3.63, 3.8) is 0 Å². The van der Waals surface area contributed by atoms with Crippen molar-refractivity contribution >= 4 is 17.7 Å². The summed E-state index contributed by atoms with van der Waals surface area (Å²) < 4.78 is 5.66. The number of pyridine rings is 2. The number of carbonyl (C=O) groups is 1. The predicted octanol–water partition coefficient (Wildman–Crippen LogP) is 2.74. The topological polar surface area (TPSA) is 88.2 Å². The highest BCUT2D eigenvalue weighted by Crippen LogP contribution is 2.23. The highest BCUT2D eigenvalue weighted by molar-refractivity contribution is 7.99. The molecule has 0 N–H and O–H groups in total. The molecule has 4 rings (SSSR count). The molecule has 0 atom stereocenters. The van der Waals surface area contributed by atoms with Crippen molar-refractivity contribution in [2.45, 2.75) is 24.6 Å². The lowest BCUT2D eigenvalue weighted by Crippen LogP contribution is -2.35. The number of hydrogen-bond acceptors (Lipinski definition) is 8. The lowest BCUT2D eigenvalue weighted by atomic mass is 10.2. The zero-order valence-electron chi connectivity index (χ0n) is 16.7. The van der Waals surface area contributed by atoms with Crippen LogP contribution in [0.15, 0.2) is 58.7 Å². The molecule has 156 valence electrons. The SMILES string of the molecule is O=C(CCSc1nnc(-c2ccncc2)o1)N1CCCN(Cc2cccnc2)CC1. The summed E-state index contributed by atoms with van der Waals surface area (Å²) in [5.41, 5.74) is 2.04. The van der Waals surface area contributed by atoms with Gasteiger partial charge in [-0.3, -0.25) is 19.7 Å². The summed E-state index contributed by atoms with van der Waals surface area (Å²) >= 11 is 1.42. The van der Waals surface area contributed by atoms with E-state index in [1.54, 1.807) is 18.6 Å². The summed E-state index contributed by atoms with van der Waals surface area (Å²) in [6, 6.07) is 7.70. The molecule has 30 heavy (non-hydrogen) atoms. The minimum atomic E-state index is 0.180. The summed E-state index contributed by atoms with van der Waals surface area (Å²) in [7, 11) is 0. The summed E-state index contributed by atoms with van der Waals surface area (Å²) in [6.07, 6.45) is 8.51. The lowest BCUT2D eigenvalue weighted by molar-refractivity contribution is -0.130. The molecule has 0 saturated carbocycles. The smallest absolute Gasteiger partial charge is 0.276 e. The van der Waals surface area contributed by atoms with Gasteiger partial charge in [-0.2, -0.15) is 0 Å². The van der Waals surface area contributed by atoms with Crippen molar-refractivity contribution in [2.24, 2.45) is 0 Å². The third-order valence-electron chi connectivity index (χ3n) is 4.95. The predicted molar refractivity (Wildman–Crippen MR) is 114 cm³/mol. The first kappa shape index (κ1) is 20.5. The van der Waals surface area contributed by atoms with Crippen molar-refractivity contribution < 1.29 is 9.21 Å². The molecule has 8 nitrogen and oxygen atoms in total. The zero-order chi connectivity index (χ0) is 20.6. The highest BCUT2D eigenvalue weighted by Gasteiger charge is 2.19. The molecule has 0 aromatic carbocycles. The summed E-state index contributed by atoms with van der Waals surface area (Å²) in [6.45, 7) is 4.32. The number of aromatic nitrogens is 4. The average Bonchev–Trinajstić information content (AvgIpc) is 3.13. The number of hydrogen-bond donors (Lipinski definition) is 0. The number of amides is 1. The summed E-state index contributed by atoms with van der Waals surface area (Å²) in [5, 5.41) is 8.59.